The zero-order valence-corrected chi connectivity index (χ0v) is 19.3. The molecule has 0 amide bonds. The van der Waals surface area contributed by atoms with E-state index in [9.17, 15) is 5.11 Å². The largest absolute Gasteiger partial charge is 0.396 e. The third kappa shape index (κ3) is 5.29. The molecule has 1 aliphatic rings. The minimum atomic E-state index is 0.194. The molecule has 3 aromatic carbocycles. The number of piperazine rings is 1. The molecule has 0 spiro atoms. The van der Waals surface area contributed by atoms with Gasteiger partial charge in [0.05, 0.1) is 0 Å². The van der Waals surface area contributed by atoms with Gasteiger partial charge in [-0.15, -0.1) is 0 Å². The van der Waals surface area contributed by atoms with E-state index < -0.39 is 0 Å². The molecule has 4 rings (SSSR count). The van der Waals surface area contributed by atoms with Crippen molar-refractivity contribution >= 4 is 16.8 Å². The van der Waals surface area contributed by atoms with Crippen molar-refractivity contribution in [2.24, 2.45) is 0 Å². The summed E-state index contributed by atoms with van der Waals surface area (Å²) in [4.78, 5) is 4.86. The first kappa shape index (κ1) is 22.3. The van der Waals surface area contributed by atoms with Crippen molar-refractivity contribution in [3.63, 3.8) is 0 Å². The van der Waals surface area contributed by atoms with Crippen LogP contribution in [0.4, 0.5) is 5.69 Å². The number of benzene rings is 3. The van der Waals surface area contributed by atoms with Crippen LogP contribution in [-0.2, 0) is 0 Å². The van der Waals surface area contributed by atoms with Gasteiger partial charge in [-0.05, 0) is 66.8 Å². The number of aliphatic hydroxyl groups is 1. The molecule has 0 saturated carbocycles. The topological polar surface area (TPSA) is 26.7 Å². The molecule has 166 valence electrons. The van der Waals surface area contributed by atoms with Gasteiger partial charge < -0.3 is 14.9 Å². The fourth-order valence-corrected chi connectivity index (χ4v) is 4.45. The number of likely N-dealkylation sites (N-methyl/N-ethyl adjacent to an activating group) is 1. The summed E-state index contributed by atoms with van der Waals surface area (Å²) in [6.45, 7) is 6.68. The Kier molecular flexibility index (Phi) is 7.41. The summed E-state index contributed by atoms with van der Waals surface area (Å²) in [5, 5.41) is 9.59. The van der Waals surface area contributed by atoms with Crippen molar-refractivity contribution in [2.45, 2.75) is 19.8 Å². The first-order valence-electron chi connectivity index (χ1n) is 11.7. The van der Waals surface area contributed by atoms with Crippen LogP contribution in [-0.4, -0.2) is 49.8 Å². The lowest BCUT2D eigenvalue weighted by atomic mass is 9.87. The second-order valence-electron chi connectivity index (χ2n) is 8.75. The predicted octanol–water partition coefficient (Wildman–Crippen LogP) is 5.48. The molecule has 1 saturated heterocycles. The van der Waals surface area contributed by atoms with Crippen molar-refractivity contribution in [1.29, 1.82) is 0 Å². The third-order valence-corrected chi connectivity index (χ3v) is 6.37. The minimum absolute atomic E-state index is 0.194. The van der Waals surface area contributed by atoms with Crippen LogP contribution in [0.25, 0.3) is 11.1 Å². The minimum Gasteiger partial charge on any atom is -0.396 e. The van der Waals surface area contributed by atoms with Gasteiger partial charge >= 0.3 is 0 Å². The summed E-state index contributed by atoms with van der Waals surface area (Å²) >= 11 is 0. The third-order valence-electron chi connectivity index (χ3n) is 6.37. The maximum Gasteiger partial charge on any atom is 0.0434 e. The quantitative estimate of drug-likeness (QED) is 0.507. The summed E-state index contributed by atoms with van der Waals surface area (Å²) in [6.07, 6.45) is 1.59. The fourth-order valence-electron chi connectivity index (χ4n) is 4.45. The van der Waals surface area contributed by atoms with E-state index in [2.05, 4.69) is 103 Å². The van der Waals surface area contributed by atoms with Crippen molar-refractivity contribution in [3.8, 4) is 0 Å². The van der Waals surface area contributed by atoms with Crippen LogP contribution in [0.1, 0.15) is 35.1 Å². The summed E-state index contributed by atoms with van der Waals surface area (Å²) in [5.74, 6) is 0. The molecule has 3 nitrogen and oxygen atoms in total. The molecular weight excluding hydrogens is 392 g/mol. The Hall–Kier alpha value is -2.88. The average Bonchev–Trinajstić information content (AvgIpc) is 2.84. The predicted molar refractivity (Wildman–Crippen MR) is 136 cm³/mol. The maximum atomic E-state index is 9.59. The molecule has 1 heterocycles. The Morgan fingerprint density at radius 2 is 1.34 bits per heavy atom. The van der Waals surface area contributed by atoms with Crippen molar-refractivity contribution in [1.82, 2.24) is 4.90 Å². The summed E-state index contributed by atoms with van der Waals surface area (Å²) in [5.41, 5.74) is 8.77. The molecule has 32 heavy (non-hydrogen) atoms. The second kappa shape index (κ2) is 10.6. The van der Waals surface area contributed by atoms with Crippen LogP contribution in [0.3, 0.4) is 0 Å². The highest BCUT2D eigenvalue weighted by Gasteiger charge is 2.17. The van der Waals surface area contributed by atoms with Crippen LogP contribution >= 0.6 is 0 Å². The SMILES string of the molecule is Cc1ccc(C(=C(CCCO)c2ccccc2)c2ccc(N3CCN(C)CC3)cc2)cc1. The van der Waals surface area contributed by atoms with Crippen LogP contribution in [0.5, 0.6) is 0 Å². The van der Waals surface area contributed by atoms with Gasteiger partial charge in [0.15, 0.2) is 0 Å². The smallest absolute Gasteiger partial charge is 0.0434 e. The summed E-state index contributed by atoms with van der Waals surface area (Å²) < 4.78 is 0. The molecule has 1 N–H and O–H groups in total. The standard InChI is InChI=1S/C29H34N2O/c1-23-10-12-25(13-11-23)29(28(9-6-22-32)24-7-4-3-5-8-24)26-14-16-27(17-15-26)31-20-18-30(2)19-21-31/h3-5,7-8,10-17,32H,6,9,18-22H2,1-2H3. The van der Waals surface area contributed by atoms with Crippen LogP contribution in [0, 0.1) is 6.92 Å². The van der Waals surface area contributed by atoms with Crippen LogP contribution in [0.2, 0.25) is 0 Å². The van der Waals surface area contributed by atoms with Gasteiger partial charge in [0.2, 0.25) is 0 Å². The first-order chi connectivity index (χ1) is 15.7. The Morgan fingerprint density at radius 1 is 0.750 bits per heavy atom. The Labute approximate surface area is 192 Å². The van der Waals surface area contributed by atoms with Crippen molar-refractivity contribution < 1.29 is 5.11 Å². The number of aryl methyl sites for hydroxylation is 1. The number of anilines is 1. The second-order valence-corrected chi connectivity index (χ2v) is 8.75. The van der Waals surface area contributed by atoms with Gasteiger partial charge in [0, 0.05) is 38.5 Å². The lowest BCUT2D eigenvalue weighted by Crippen LogP contribution is -2.44. The zero-order chi connectivity index (χ0) is 22.3. The molecular formula is C29H34N2O. The molecule has 0 aromatic heterocycles. The fraction of sp³-hybridized carbons (Fsp3) is 0.310. The number of aliphatic hydroxyl groups excluding tert-OH is 1. The van der Waals surface area contributed by atoms with Gasteiger partial charge in [-0.2, -0.15) is 0 Å². The van der Waals surface area contributed by atoms with E-state index in [1.165, 1.54) is 39.1 Å². The molecule has 0 bridgehead atoms. The maximum absolute atomic E-state index is 9.59. The Bertz CT molecular complexity index is 1020. The van der Waals surface area contributed by atoms with E-state index >= 15 is 0 Å². The normalized spacial score (nSPS) is 15.5. The summed E-state index contributed by atoms with van der Waals surface area (Å²) in [6, 6.07) is 28.5. The number of allylic oxidation sites excluding steroid dienone is 1. The van der Waals surface area contributed by atoms with Crippen molar-refractivity contribution in [3.05, 3.63) is 101 Å². The molecule has 1 fully saturated rings. The molecule has 0 aliphatic carbocycles. The van der Waals surface area contributed by atoms with E-state index in [0.717, 1.165) is 39.0 Å². The average molecular weight is 427 g/mol. The highest BCUT2D eigenvalue weighted by atomic mass is 16.2. The van der Waals surface area contributed by atoms with Gasteiger partial charge in [-0.25, -0.2) is 0 Å². The van der Waals surface area contributed by atoms with E-state index in [1.54, 1.807) is 0 Å². The van der Waals surface area contributed by atoms with E-state index in [1.807, 2.05) is 0 Å². The van der Waals surface area contributed by atoms with Gasteiger partial charge in [-0.1, -0.05) is 72.3 Å². The number of rotatable bonds is 7. The summed E-state index contributed by atoms with van der Waals surface area (Å²) in [7, 11) is 2.19. The molecule has 3 aromatic rings. The highest BCUT2D eigenvalue weighted by Crippen LogP contribution is 2.36. The van der Waals surface area contributed by atoms with E-state index in [-0.39, 0.29) is 6.61 Å². The number of hydrogen-bond acceptors (Lipinski definition) is 3. The first-order valence-corrected chi connectivity index (χ1v) is 11.7. The van der Waals surface area contributed by atoms with Gasteiger partial charge in [-0.3, -0.25) is 0 Å². The molecule has 0 unspecified atom stereocenters. The molecule has 1 aliphatic heterocycles. The Morgan fingerprint density at radius 3 is 1.94 bits per heavy atom. The zero-order valence-electron chi connectivity index (χ0n) is 19.3. The van der Waals surface area contributed by atoms with Crippen molar-refractivity contribution in [2.75, 3.05) is 44.7 Å². The van der Waals surface area contributed by atoms with Crippen LogP contribution < -0.4 is 4.90 Å². The molecule has 0 radical (unpaired) electrons. The molecule has 3 heteroatoms. The monoisotopic (exact) mass is 426 g/mol. The highest BCUT2D eigenvalue weighted by molar-refractivity contribution is 5.98. The van der Waals surface area contributed by atoms with E-state index in [4.69, 9.17) is 0 Å². The number of hydrogen-bond donors (Lipinski definition) is 1. The lowest BCUT2D eigenvalue weighted by Gasteiger charge is -2.34. The number of nitrogens with zero attached hydrogens (tertiary/aromatic N) is 2. The lowest BCUT2D eigenvalue weighted by molar-refractivity contribution is 0.290. The van der Waals surface area contributed by atoms with Gasteiger partial charge in [0.1, 0.15) is 0 Å². The van der Waals surface area contributed by atoms with E-state index in [0.29, 0.717) is 0 Å². The van der Waals surface area contributed by atoms with Gasteiger partial charge in [0.25, 0.3) is 0 Å². The van der Waals surface area contributed by atoms with Crippen LogP contribution in [0.15, 0.2) is 78.9 Å². The Balaban J connectivity index is 1.78. The molecule has 0 atom stereocenters.